The van der Waals surface area contributed by atoms with Crippen molar-refractivity contribution in [1.29, 1.82) is 0 Å². The van der Waals surface area contributed by atoms with Gasteiger partial charge in [-0.25, -0.2) is 21.6 Å². The average molecular weight is 561 g/mol. The first-order chi connectivity index (χ1) is 18.1. The molecule has 0 bridgehead atoms. The number of hydrogen-bond donors (Lipinski definition) is 0. The molecule has 0 fully saturated rings. The summed E-state index contributed by atoms with van der Waals surface area (Å²) >= 11 is 0. The van der Waals surface area contributed by atoms with Gasteiger partial charge < -0.3 is 9.47 Å². The largest absolute Gasteiger partial charge is 0.465 e. The van der Waals surface area contributed by atoms with E-state index in [1.165, 1.54) is 30.3 Å². The molecule has 8 nitrogen and oxygen atoms in total. The number of rotatable bonds is 11. The molecule has 0 radical (unpaired) electrons. The molecule has 1 aliphatic rings. The van der Waals surface area contributed by atoms with E-state index in [4.69, 9.17) is 9.47 Å². The van der Waals surface area contributed by atoms with E-state index in [9.17, 15) is 26.4 Å². The second-order valence-corrected chi connectivity index (χ2v) is 12.8. The van der Waals surface area contributed by atoms with Gasteiger partial charge in [-0.3, -0.25) is 4.79 Å². The zero-order valence-electron chi connectivity index (χ0n) is 21.4. The number of carbonyl (C=O) groups is 2. The molecular formula is C28H32O8S2. The fourth-order valence-electron chi connectivity index (χ4n) is 4.26. The molecule has 38 heavy (non-hydrogen) atoms. The van der Waals surface area contributed by atoms with Crippen molar-refractivity contribution in [2.45, 2.75) is 48.2 Å². The molecule has 0 heterocycles. The van der Waals surface area contributed by atoms with Gasteiger partial charge in [0.05, 0.1) is 23.0 Å². The molecule has 0 saturated carbocycles. The van der Waals surface area contributed by atoms with Crippen LogP contribution in [-0.2, 0) is 38.7 Å². The summed E-state index contributed by atoms with van der Waals surface area (Å²) in [5, 5.41) is -1.37. The van der Waals surface area contributed by atoms with Crippen LogP contribution in [0.25, 0.3) is 0 Å². The van der Waals surface area contributed by atoms with Gasteiger partial charge in [-0.05, 0) is 69.2 Å². The lowest BCUT2D eigenvalue weighted by Crippen LogP contribution is -2.34. The van der Waals surface area contributed by atoms with Crippen molar-refractivity contribution < 1.29 is 35.9 Å². The lowest BCUT2D eigenvalue weighted by Gasteiger charge is -2.25. The van der Waals surface area contributed by atoms with Gasteiger partial charge in [0.25, 0.3) is 0 Å². The molecule has 3 rings (SSSR count). The van der Waals surface area contributed by atoms with Crippen LogP contribution in [-0.4, -0.2) is 47.2 Å². The Balaban J connectivity index is 1.86. The highest BCUT2D eigenvalue weighted by atomic mass is 32.2. The third kappa shape index (κ3) is 6.99. The molecular weight excluding hydrogens is 528 g/mol. The molecule has 3 unspecified atom stereocenters. The van der Waals surface area contributed by atoms with Gasteiger partial charge in [0.2, 0.25) is 9.84 Å². The zero-order valence-corrected chi connectivity index (χ0v) is 23.0. The van der Waals surface area contributed by atoms with E-state index in [0.29, 0.717) is 12.8 Å². The maximum absolute atomic E-state index is 13.3. The third-order valence-electron chi connectivity index (χ3n) is 6.20. The van der Waals surface area contributed by atoms with Crippen molar-refractivity contribution in [2.24, 2.45) is 11.8 Å². The summed E-state index contributed by atoms with van der Waals surface area (Å²) in [7, 11) is -8.09. The third-order valence-corrected chi connectivity index (χ3v) is 10.0. The molecule has 0 spiro atoms. The van der Waals surface area contributed by atoms with E-state index < -0.39 is 47.7 Å². The van der Waals surface area contributed by atoms with Crippen molar-refractivity contribution in [3.63, 3.8) is 0 Å². The number of hydrogen-bond acceptors (Lipinski definition) is 8. The summed E-state index contributed by atoms with van der Waals surface area (Å²) in [5.41, 5.74) is 0. The Bertz CT molecular complexity index is 1380. The maximum Gasteiger partial charge on any atom is 0.349 e. The van der Waals surface area contributed by atoms with Crippen LogP contribution in [0.15, 0.2) is 93.6 Å². The predicted octanol–water partition coefficient (Wildman–Crippen LogP) is 4.29. The molecule has 0 N–H and O–H groups in total. The SMILES string of the molecule is CCOC(=O)/C(=C\C1C=CC(CC(C(=O)OCC)S(=O)(=O)c2ccccc2)CC1)S(=O)(=O)c1ccccc1. The normalized spacial score (nSPS) is 18.9. The first-order valence-electron chi connectivity index (χ1n) is 12.4. The topological polar surface area (TPSA) is 121 Å². The van der Waals surface area contributed by atoms with Gasteiger partial charge in [-0.2, -0.15) is 0 Å². The Kier molecular flexibility index (Phi) is 10.0. The lowest BCUT2D eigenvalue weighted by molar-refractivity contribution is -0.143. The maximum atomic E-state index is 13.3. The van der Waals surface area contributed by atoms with Crippen molar-refractivity contribution in [2.75, 3.05) is 13.2 Å². The van der Waals surface area contributed by atoms with E-state index in [1.54, 1.807) is 62.4 Å². The minimum atomic E-state index is -4.11. The van der Waals surface area contributed by atoms with Crippen LogP contribution >= 0.6 is 0 Å². The van der Waals surface area contributed by atoms with E-state index in [2.05, 4.69) is 0 Å². The van der Waals surface area contributed by atoms with Gasteiger partial charge in [-0.15, -0.1) is 0 Å². The highest BCUT2D eigenvalue weighted by Gasteiger charge is 2.37. The Morgan fingerprint density at radius 1 is 0.842 bits per heavy atom. The molecule has 3 atom stereocenters. The van der Waals surface area contributed by atoms with Gasteiger partial charge in [-0.1, -0.05) is 54.6 Å². The minimum Gasteiger partial charge on any atom is -0.465 e. The highest BCUT2D eigenvalue weighted by Crippen LogP contribution is 2.32. The molecule has 10 heteroatoms. The summed E-state index contributed by atoms with van der Waals surface area (Å²) < 4.78 is 63.0. The summed E-state index contributed by atoms with van der Waals surface area (Å²) in [6.45, 7) is 3.29. The quantitative estimate of drug-likeness (QED) is 0.227. The van der Waals surface area contributed by atoms with Gasteiger partial charge >= 0.3 is 11.9 Å². The molecule has 1 aliphatic carbocycles. The lowest BCUT2D eigenvalue weighted by atomic mass is 9.86. The zero-order chi connectivity index (χ0) is 27.8. The van der Waals surface area contributed by atoms with Crippen molar-refractivity contribution >= 4 is 31.6 Å². The summed E-state index contributed by atoms with van der Waals surface area (Å²) in [5.74, 6) is -2.38. The van der Waals surface area contributed by atoms with Crippen LogP contribution in [0.5, 0.6) is 0 Å². The van der Waals surface area contributed by atoms with Gasteiger partial charge in [0.1, 0.15) is 0 Å². The van der Waals surface area contributed by atoms with Crippen LogP contribution in [0.1, 0.15) is 33.1 Å². The fourth-order valence-corrected chi connectivity index (χ4v) is 7.35. The second kappa shape index (κ2) is 13.0. The van der Waals surface area contributed by atoms with Crippen LogP contribution in [0.4, 0.5) is 0 Å². The summed E-state index contributed by atoms with van der Waals surface area (Å²) in [4.78, 5) is 24.9. The van der Waals surface area contributed by atoms with Crippen LogP contribution < -0.4 is 0 Å². The number of allylic oxidation sites excluding steroid dienone is 3. The van der Waals surface area contributed by atoms with Crippen molar-refractivity contribution in [3.05, 3.63) is 83.8 Å². The molecule has 0 aliphatic heterocycles. The standard InChI is InChI=1S/C28H32O8S2/c1-3-35-27(29)25(37(31,32)23-11-7-5-8-12-23)19-21-15-17-22(18-16-21)20-26(28(30)36-4-2)38(33,34)24-13-9-6-10-14-24/h5-15,17,19,21-22,26H,3-4,16,18,20H2,1-2H3/b25-19+. The van der Waals surface area contributed by atoms with E-state index >= 15 is 0 Å². The van der Waals surface area contributed by atoms with E-state index in [1.807, 2.05) is 0 Å². The smallest absolute Gasteiger partial charge is 0.349 e. The Labute approximate surface area is 224 Å². The summed E-state index contributed by atoms with van der Waals surface area (Å²) in [6, 6.07) is 15.4. The Morgan fingerprint density at radius 2 is 1.42 bits per heavy atom. The molecule has 0 amide bonds. The predicted molar refractivity (Wildman–Crippen MR) is 142 cm³/mol. The number of esters is 2. The van der Waals surface area contributed by atoms with Crippen molar-refractivity contribution in [1.82, 2.24) is 0 Å². The van der Waals surface area contributed by atoms with E-state index in [0.717, 1.165) is 0 Å². The Morgan fingerprint density at radius 3 is 1.95 bits per heavy atom. The second-order valence-electron chi connectivity index (χ2n) is 8.79. The number of carbonyl (C=O) groups excluding carboxylic acids is 2. The molecule has 2 aromatic rings. The van der Waals surface area contributed by atoms with Gasteiger partial charge in [0, 0.05) is 0 Å². The number of benzene rings is 2. The van der Waals surface area contributed by atoms with Gasteiger partial charge in [0.15, 0.2) is 20.0 Å². The van der Waals surface area contributed by atoms with E-state index in [-0.39, 0.29) is 35.3 Å². The van der Waals surface area contributed by atoms with Crippen molar-refractivity contribution in [3.8, 4) is 0 Å². The van der Waals surface area contributed by atoms with Crippen LogP contribution in [0.2, 0.25) is 0 Å². The molecule has 0 aromatic heterocycles. The summed E-state index contributed by atoms with van der Waals surface area (Å²) in [6.07, 6.45) is 5.86. The Hall–Kier alpha value is -3.24. The fraction of sp³-hybridized carbons (Fsp3) is 0.357. The van der Waals surface area contributed by atoms with Crippen LogP contribution in [0, 0.1) is 11.8 Å². The molecule has 204 valence electrons. The van der Waals surface area contributed by atoms with Crippen LogP contribution in [0.3, 0.4) is 0 Å². The first kappa shape index (κ1) is 29.3. The first-order valence-corrected chi connectivity index (χ1v) is 15.5. The molecule has 0 saturated heterocycles. The monoisotopic (exact) mass is 560 g/mol. The average Bonchev–Trinajstić information content (AvgIpc) is 2.92. The number of ether oxygens (including phenoxy) is 2. The highest BCUT2D eigenvalue weighted by molar-refractivity contribution is 7.96. The number of sulfone groups is 2. The molecule has 2 aromatic carbocycles. The minimum absolute atomic E-state index is 0.0136.